The average Bonchev–Trinajstić information content (AvgIpc) is 3.18. The normalized spacial score (nSPS) is 16.1. The molecule has 3 rings (SSSR count). The van der Waals surface area contributed by atoms with Gasteiger partial charge in [-0.2, -0.15) is 0 Å². The molecule has 1 unspecified atom stereocenters. The van der Waals surface area contributed by atoms with Gasteiger partial charge in [-0.3, -0.25) is 0 Å². The van der Waals surface area contributed by atoms with Crippen molar-refractivity contribution in [3.63, 3.8) is 0 Å². The SMILES string of the molecule is CCOC(=O)C1=C(CSc2nnc(COc3cccc(C)c3)o2)NC(=O)NC1CC. The summed E-state index contributed by atoms with van der Waals surface area (Å²) in [7, 11) is 0. The molecule has 9 nitrogen and oxygen atoms in total. The second-order valence-corrected chi connectivity index (χ2v) is 7.45. The molecular weight excluding hydrogens is 408 g/mol. The van der Waals surface area contributed by atoms with Gasteiger partial charge in [-0.1, -0.05) is 30.8 Å². The van der Waals surface area contributed by atoms with Gasteiger partial charge < -0.3 is 24.5 Å². The number of nitrogens with one attached hydrogen (secondary N) is 2. The fourth-order valence-corrected chi connectivity index (χ4v) is 3.66. The number of esters is 1. The Labute approximate surface area is 178 Å². The van der Waals surface area contributed by atoms with Crippen LogP contribution in [0.4, 0.5) is 4.79 Å². The number of carbonyl (C=O) groups is 2. The minimum Gasteiger partial charge on any atom is -0.484 e. The largest absolute Gasteiger partial charge is 0.484 e. The molecule has 2 N–H and O–H groups in total. The van der Waals surface area contributed by atoms with Gasteiger partial charge in [0.1, 0.15) is 5.75 Å². The van der Waals surface area contributed by atoms with E-state index < -0.39 is 12.0 Å². The number of thioether (sulfide) groups is 1. The average molecular weight is 433 g/mol. The Morgan fingerprint density at radius 3 is 2.87 bits per heavy atom. The summed E-state index contributed by atoms with van der Waals surface area (Å²) >= 11 is 1.22. The molecule has 0 aliphatic carbocycles. The van der Waals surface area contributed by atoms with Gasteiger partial charge in [0.15, 0.2) is 6.61 Å². The van der Waals surface area contributed by atoms with E-state index in [4.69, 9.17) is 13.9 Å². The molecule has 1 aromatic carbocycles. The van der Waals surface area contributed by atoms with Gasteiger partial charge in [0.2, 0.25) is 0 Å². The minimum atomic E-state index is -0.453. The van der Waals surface area contributed by atoms with Crippen LogP contribution in [0.2, 0.25) is 0 Å². The number of rotatable bonds is 9. The molecular formula is C20H24N4O5S. The number of hydrogen-bond acceptors (Lipinski definition) is 8. The van der Waals surface area contributed by atoms with E-state index in [1.807, 2.05) is 38.1 Å². The Morgan fingerprint density at radius 2 is 2.13 bits per heavy atom. The van der Waals surface area contributed by atoms with E-state index in [0.29, 0.717) is 28.8 Å². The van der Waals surface area contributed by atoms with Crippen LogP contribution in [-0.4, -0.2) is 40.6 Å². The van der Waals surface area contributed by atoms with Gasteiger partial charge in [0.05, 0.1) is 18.2 Å². The summed E-state index contributed by atoms with van der Waals surface area (Å²) in [5, 5.41) is 13.7. The van der Waals surface area contributed by atoms with Crippen LogP contribution in [0.25, 0.3) is 0 Å². The lowest BCUT2D eigenvalue weighted by Gasteiger charge is -2.28. The van der Waals surface area contributed by atoms with Crippen LogP contribution >= 0.6 is 11.8 Å². The summed E-state index contributed by atoms with van der Waals surface area (Å²) in [5.74, 6) is 0.873. The van der Waals surface area contributed by atoms with Crippen molar-refractivity contribution < 1.29 is 23.5 Å². The van der Waals surface area contributed by atoms with Gasteiger partial charge >= 0.3 is 12.0 Å². The Kier molecular flexibility index (Phi) is 7.34. The molecule has 1 aromatic heterocycles. The highest BCUT2D eigenvalue weighted by Crippen LogP contribution is 2.24. The molecule has 0 bridgehead atoms. The Balaban J connectivity index is 1.65. The van der Waals surface area contributed by atoms with Crippen molar-refractivity contribution in [2.45, 2.75) is 45.1 Å². The van der Waals surface area contributed by atoms with E-state index in [0.717, 1.165) is 11.3 Å². The molecule has 0 fully saturated rings. The molecule has 30 heavy (non-hydrogen) atoms. The zero-order valence-electron chi connectivity index (χ0n) is 17.1. The number of carbonyl (C=O) groups excluding carboxylic acids is 2. The lowest BCUT2D eigenvalue weighted by molar-refractivity contribution is -0.139. The third-order valence-electron chi connectivity index (χ3n) is 4.29. The molecule has 2 aromatic rings. The molecule has 2 heterocycles. The maximum atomic E-state index is 12.4. The maximum Gasteiger partial charge on any atom is 0.337 e. The van der Waals surface area contributed by atoms with Crippen LogP contribution in [0, 0.1) is 6.92 Å². The number of nitrogens with zero attached hydrogens (tertiary/aromatic N) is 2. The van der Waals surface area contributed by atoms with Gasteiger partial charge in [-0.25, -0.2) is 9.59 Å². The maximum absolute atomic E-state index is 12.4. The van der Waals surface area contributed by atoms with E-state index in [1.165, 1.54) is 11.8 Å². The quantitative estimate of drug-likeness (QED) is 0.459. The summed E-state index contributed by atoms with van der Waals surface area (Å²) < 4.78 is 16.4. The Morgan fingerprint density at radius 1 is 1.30 bits per heavy atom. The summed E-state index contributed by atoms with van der Waals surface area (Å²) in [6.45, 7) is 6.00. The van der Waals surface area contributed by atoms with Crippen molar-refractivity contribution in [2.24, 2.45) is 0 Å². The number of aromatic nitrogens is 2. The first kappa shape index (κ1) is 21.7. The highest BCUT2D eigenvalue weighted by atomic mass is 32.2. The van der Waals surface area contributed by atoms with Crippen molar-refractivity contribution in [1.82, 2.24) is 20.8 Å². The zero-order chi connectivity index (χ0) is 21.5. The third kappa shape index (κ3) is 5.53. The van der Waals surface area contributed by atoms with Gasteiger partial charge in [0, 0.05) is 11.4 Å². The van der Waals surface area contributed by atoms with Crippen LogP contribution < -0.4 is 15.4 Å². The first-order chi connectivity index (χ1) is 14.5. The molecule has 10 heteroatoms. The van der Waals surface area contributed by atoms with Crippen molar-refractivity contribution in [2.75, 3.05) is 12.4 Å². The number of ether oxygens (including phenoxy) is 2. The number of urea groups is 1. The van der Waals surface area contributed by atoms with Gasteiger partial charge in [0.25, 0.3) is 11.1 Å². The van der Waals surface area contributed by atoms with Crippen molar-refractivity contribution >= 4 is 23.8 Å². The standard InChI is InChI=1S/C20H24N4O5S/c1-4-14-17(18(25)27-5-2)15(22-19(26)21-14)11-30-20-24-23-16(29-20)10-28-13-8-6-7-12(3)9-13/h6-9,14H,4-5,10-11H2,1-3H3,(H2,21,22,26). The molecule has 1 atom stereocenters. The molecule has 160 valence electrons. The lowest BCUT2D eigenvalue weighted by Crippen LogP contribution is -2.50. The zero-order valence-corrected chi connectivity index (χ0v) is 17.9. The summed E-state index contributed by atoms with van der Waals surface area (Å²) in [5.41, 5.74) is 1.98. The van der Waals surface area contributed by atoms with Gasteiger partial charge in [-0.05, 0) is 38.0 Å². The van der Waals surface area contributed by atoms with Gasteiger partial charge in [-0.15, -0.1) is 10.2 Å². The van der Waals surface area contributed by atoms with E-state index >= 15 is 0 Å². The second-order valence-electron chi connectivity index (χ2n) is 6.53. The topological polar surface area (TPSA) is 116 Å². The first-order valence-corrected chi connectivity index (χ1v) is 10.6. The minimum absolute atomic E-state index is 0.145. The summed E-state index contributed by atoms with van der Waals surface area (Å²) in [4.78, 5) is 24.3. The van der Waals surface area contributed by atoms with E-state index in [-0.39, 0.29) is 25.0 Å². The number of aryl methyl sites for hydroxylation is 1. The Hall–Kier alpha value is -3.01. The van der Waals surface area contributed by atoms with Crippen molar-refractivity contribution in [3.05, 3.63) is 47.0 Å². The predicted octanol–water partition coefficient (Wildman–Crippen LogP) is 2.96. The number of hydrogen-bond donors (Lipinski definition) is 2. The van der Waals surface area contributed by atoms with Crippen LogP contribution in [-0.2, 0) is 16.1 Å². The second kappa shape index (κ2) is 10.1. The molecule has 1 aliphatic heterocycles. The summed E-state index contributed by atoms with van der Waals surface area (Å²) in [6.07, 6.45) is 0.566. The van der Waals surface area contributed by atoms with E-state index in [2.05, 4.69) is 20.8 Å². The summed E-state index contributed by atoms with van der Waals surface area (Å²) in [6, 6.07) is 6.89. The predicted molar refractivity (Wildman–Crippen MR) is 110 cm³/mol. The third-order valence-corrected chi connectivity index (χ3v) is 5.13. The highest BCUT2D eigenvalue weighted by Gasteiger charge is 2.31. The van der Waals surface area contributed by atoms with Crippen molar-refractivity contribution in [1.29, 1.82) is 0 Å². The van der Waals surface area contributed by atoms with Crippen LogP contribution in [0.5, 0.6) is 5.75 Å². The molecule has 2 amide bonds. The van der Waals surface area contributed by atoms with Crippen molar-refractivity contribution in [3.8, 4) is 5.75 Å². The smallest absolute Gasteiger partial charge is 0.337 e. The Bertz CT molecular complexity index is 943. The van der Waals surface area contributed by atoms with Crippen LogP contribution in [0.15, 0.2) is 45.2 Å². The molecule has 1 aliphatic rings. The highest BCUT2D eigenvalue weighted by molar-refractivity contribution is 7.99. The van der Waals surface area contributed by atoms with Crippen LogP contribution in [0.3, 0.4) is 0 Å². The van der Waals surface area contributed by atoms with E-state index in [9.17, 15) is 9.59 Å². The molecule has 0 saturated heterocycles. The van der Waals surface area contributed by atoms with Crippen LogP contribution in [0.1, 0.15) is 31.7 Å². The molecule has 0 radical (unpaired) electrons. The van der Waals surface area contributed by atoms with E-state index in [1.54, 1.807) is 6.92 Å². The number of benzene rings is 1. The molecule has 0 spiro atoms. The molecule has 0 saturated carbocycles. The lowest BCUT2D eigenvalue weighted by atomic mass is 10.0. The number of amides is 2. The fourth-order valence-electron chi connectivity index (χ4n) is 2.91. The monoisotopic (exact) mass is 432 g/mol. The fraction of sp³-hybridized carbons (Fsp3) is 0.400. The first-order valence-electron chi connectivity index (χ1n) is 9.62.